The van der Waals surface area contributed by atoms with E-state index < -0.39 is 0 Å². The first-order chi connectivity index (χ1) is 9.69. The normalized spacial score (nSPS) is 10.5. The number of amides is 1. The number of carbonyl (C=O) groups excluding carboxylic acids is 2. The minimum Gasteiger partial charge on any atom is -0.310 e. The van der Waals surface area contributed by atoms with Crippen LogP contribution in [0.15, 0.2) is 12.3 Å². The van der Waals surface area contributed by atoms with Crippen LogP contribution in [0.5, 0.6) is 0 Å². The van der Waals surface area contributed by atoms with Gasteiger partial charge in [0.15, 0.2) is 0 Å². The van der Waals surface area contributed by atoms with Crippen molar-refractivity contribution in [3.63, 3.8) is 0 Å². The van der Waals surface area contributed by atoms with Crippen molar-refractivity contribution >= 4 is 40.8 Å². The maximum Gasteiger partial charge on any atom is 0.248 e. The van der Waals surface area contributed by atoms with Gasteiger partial charge in [-0.2, -0.15) is 9.78 Å². The fourth-order valence-electron chi connectivity index (χ4n) is 1.66. The molecule has 0 unspecified atom stereocenters. The third-order valence-electron chi connectivity index (χ3n) is 2.71. The molecular weight excluding hydrogens is 301 g/mol. The molecule has 0 bridgehead atoms. The molecular formula is C13H19Cl2N3O2. The lowest BCUT2D eigenvalue weighted by Gasteiger charge is -2.07. The van der Waals surface area contributed by atoms with Gasteiger partial charge in [0, 0.05) is 30.7 Å². The summed E-state index contributed by atoms with van der Waals surface area (Å²) in [7, 11) is 0. The van der Waals surface area contributed by atoms with Gasteiger partial charge >= 0.3 is 0 Å². The number of nitrogens with zero attached hydrogens (tertiary/aromatic N) is 2. The van der Waals surface area contributed by atoms with Gasteiger partial charge in [0.05, 0.1) is 6.20 Å². The molecule has 20 heavy (non-hydrogen) atoms. The molecule has 7 heteroatoms. The number of carbonyl (C=O) groups is 2. The van der Waals surface area contributed by atoms with Crippen molar-refractivity contribution in [3.05, 3.63) is 12.3 Å². The van der Waals surface area contributed by atoms with Gasteiger partial charge in [-0.25, -0.2) is 0 Å². The Kier molecular flexibility index (Phi) is 8.30. The van der Waals surface area contributed by atoms with E-state index in [0.29, 0.717) is 36.8 Å². The summed E-state index contributed by atoms with van der Waals surface area (Å²) in [5.41, 5.74) is 0. The van der Waals surface area contributed by atoms with Crippen LogP contribution in [0.2, 0.25) is 0 Å². The van der Waals surface area contributed by atoms with E-state index in [0.717, 1.165) is 19.3 Å². The lowest BCUT2D eigenvalue weighted by atomic mass is 10.2. The van der Waals surface area contributed by atoms with E-state index in [-0.39, 0.29) is 11.8 Å². The molecule has 1 heterocycles. The Bertz CT molecular complexity index is 435. The number of hydrogen-bond acceptors (Lipinski definition) is 3. The molecule has 1 aromatic heterocycles. The van der Waals surface area contributed by atoms with Gasteiger partial charge < -0.3 is 5.32 Å². The van der Waals surface area contributed by atoms with E-state index in [1.165, 1.54) is 10.9 Å². The largest absolute Gasteiger partial charge is 0.310 e. The highest BCUT2D eigenvalue weighted by molar-refractivity contribution is 6.18. The third kappa shape index (κ3) is 5.92. The second-order valence-electron chi connectivity index (χ2n) is 4.36. The summed E-state index contributed by atoms with van der Waals surface area (Å²) in [6.07, 6.45) is 5.27. The van der Waals surface area contributed by atoms with Crippen LogP contribution in [0, 0.1) is 0 Å². The fraction of sp³-hybridized carbons (Fsp3) is 0.615. The van der Waals surface area contributed by atoms with E-state index in [4.69, 9.17) is 23.2 Å². The number of rotatable bonds is 9. The minimum atomic E-state index is -0.142. The molecule has 0 saturated heterocycles. The zero-order chi connectivity index (χ0) is 14.8. The quantitative estimate of drug-likeness (QED) is 0.561. The smallest absolute Gasteiger partial charge is 0.248 e. The summed E-state index contributed by atoms with van der Waals surface area (Å²) in [4.78, 5) is 23.6. The summed E-state index contributed by atoms with van der Waals surface area (Å²) in [5, 5.41) is 6.63. The fourth-order valence-corrected chi connectivity index (χ4v) is 2.04. The average Bonchev–Trinajstić information content (AvgIpc) is 2.87. The van der Waals surface area contributed by atoms with Crippen molar-refractivity contribution in [2.45, 2.75) is 38.5 Å². The Morgan fingerprint density at radius 2 is 1.75 bits per heavy atom. The van der Waals surface area contributed by atoms with Crippen LogP contribution in [0.3, 0.4) is 0 Å². The molecule has 5 nitrogen and oxygen atoms in total. The molecule has 0 fully saturated rings. The van der Waals surface area contributed by atoms with Gasteiger partial charge in [0.2, 0.25) is 11.8 Å². The van der Waals surface area contributed by atoms with E-state index in [1.54, 1.807) is 6.07 Å². The lowest BCUT2D eigenvalue weighted by Crippen LogP contribution is -2.19. The molecule has 0 aliphatic heterocycles. The SMILES string of the molecule is O=C(CCCCCl)Nc1ccnn1C(=O)CCCCCl. The zero-order valence-corrected chi connectivity index (χ0v) is 12.8. The van der Waals surface area contributed by atoms with Crippen molar-refractivity contribution in [1.82, 2.24) is 9.78 Å². The Hall–Kier alpha value is -1.07. The minimum absolute atomic E-state index is 0.134. The number of hydrogen-bond donors (Lipinski definition) is 1. The highest BCUT2D eigenvalue weighted by atomic mass is 35.5. The molecule has 1 rings (SSSR count). The van der Waals surface area contributed by atoms with Gasteiger partial charge in [0.25, 0.3) is 0 Å². The van der Waals surface area contributed by atoms with Gasteiger partial charge in [-0.3, -0.25) is 9.59 Å². The maximum atomic E-state index is 11.9. The molecule has 1 N–H and O–H groups in total. The first kappa shape index (κ1) is 17.0. The number of aromatic nitrogens is 2. The Morgan fingerprint density at radius 3 is 2.40 bits per heavy atom. The van der Waals surface area contributed by atoms with Crippen LogP contribution in [0.1, 0.15) is 43.3 Å². The van der Waals surface area contributed by atoms with Gasteiger partial charge in [-0.1, -0.05) is 0 Å². The predicted molar refractivity (Wildman–Crippen MR) is 80.6 cm³/mol. The molecule has 1 aromatic rings. The van der Waals surface area contributed by atoms with Crippen LogP contribution in [-0.2, 0) is 4.79 Å². The third-order valence-corrected chi connectivity index (χ3v) is 3.24. The van der Waals surface area contributed by atoms with Crippen molar-refractivity contribution in [2.75, 3.05) is 17.1 Å². The van der Waals surface area contributed by atoms with Crippen LogP contribution in [-0.4, -0.2) is 33.4 Å². The second-order valence-corrected chi connectivity index (χ2v) is 5.12. The first-order valence-corrected chi connectivity index (χ1v) is 7.75. The van der Waals surface area contributed by atoms with E-state index >= 15 is 0 Å². The van der Waals surface area contributed by atoms with Crippen molar-refractivity contribution < 1.29 is 9.59 Å². The summed E-state index contributed by atoms with van der Waals surface area (Å²) < 4.78 is 1.23. The number of unbranched alkanes of at least 4 members (excludes halogenated alkanes) is 2. The highest BCUT2D eigenvalue weighted by Crippen LogP contribution is 2.10. The van der Waals surface area contributed by atoms with Crippen molar-refractivity contribution in [1.29, 1.82) is 0 Å². The Labute approximate surface area is 128 Å². The number of alkyl halides is 2. The van der Waals surface area contributed by atoms with Crippen LogP contribution in [0.25, 0.3) is 0 Å². The molecule has 112 valence electrons. The standard InChI is InChI=1S/C13H19Cl2N3O2/c14-8-3-1-5-12(19)17-11-7-10-16-18(11)13(20)6-2-4-9-15/h7,10H,1-6,8-9H2,(H,17,19). The van der Waals surface area contributed by atoms with Crippen molar-refractivity contribution in [2.24, 2.45) is 0 Å². The summed E-state index contributed by atoms with van der Waals surface area (Å²) in [5.74, 6) is 1.22. The van der Waals surface area contributed by atoms with Gasteiger partial charge in [0.1, 0.15) is 5.82 Å². The maximum absolute atomic E-state index is 11.9. The topological polar surface area (TPSA) is 64.0 Å². The Morgan fingerprint density at radius 1 is 1.10 bits per heavy atom. The number of halogens is 2. The molecule has 0 radical (unpaired) electrons. The average molecular weight is 320 g/mol. The summed E-state index contributed by atoms with van der Waals surface area (Å²) in [6, 6.07) is 1.61. The second kappa shape index (κ2) is 9.77. The molecule has 0 aliphatic rings. The Balaban J connectivity index is 2.49. The number of anilines is 1. The predicted octanol–water partition coefficient (Wildman–Crippen LogP) is 3.28. The molecule has 0 aliphatic carbocycles. The monoisotopic (exact) mass is 319 g/mol. The van der Waals surface area contributed by atoms with E-state index in [1.807, 2.05) is 0 Å². The van der Waals surface area contributed by atoms with Crippen LogP contribution < -0.4 is 5.32 Å². The first-order valence-electron chi connectivity index (χ1n) is 6.68. The summed E-state index contributed by atoms with van der Waals surface area (Å²) >= 11 is 11.1. The van der Waals surface area contributed by atoms with E-state index in [9.17, 15) is 9.59 Å². The van der Waals surface area contributed by atoms with Crippen molar-refractivity contribution in [3.8, 4) is 0 Å². The summed E-state index contributed by atoms with van der Waals surface area (Å²) in [6.45, 7) is 0. The molecule has 0 atom stereocenters. The lowest BCUT2D eigenvalue weighted by molar-refractivity contribution is -0.116. The van der Waals surface area contributed by atoms with Crippen LogP contribution in [0.4, 0.5) is 5.82 Å². The highest BCUT2D eigenvalue weighted by Gasteiger charge is 2.12. The molecule has 1 amide bonds. The molecule has 0 saturated carbocycles. The molecule has 0 aromatic carbocycles. The van der Waals surface area contributed by atoms with Crippen LogP contribution >= 0.6 is 23.2 Å². The van der Waals surface area contributed by atoms with E-state index in [2.05, 4.69) is 10.4 Å². The zero-order valence-electron chi connectivity index (χ0n) is 11.3. The van der Waals surface area contributed by atoms with Gasteiger partial charge in [-0.15, -0.1) is 23.2 Å². The number of nitrogens with one attached hydrogen (secondary N) is 1. The van der Waals surface area contributed by atoms with Gasteiger partial charge in [-0.05, 0) is 25.7 Å². The molecule has 0 spiro atoms.